The van der Waals surface area contributed by atoms with Crippen LogP contribution in [0.15, 0.2) is 47.2 Å². The third-order valence-corrected chi connectivity index (χ3v) is 9.51. The number of benzene rings is 1. The predicted octanol–water partition coefficient (Wildman–Crippen LogP) is 2.03. The maximum atomic E-state index is 13.8. The number of nitrogens with one attached hydrogen (secondary N) is 1. The van der Waals surface area contributed by atoms with Gasteiger partial charge in [0.2, 0.25) is 5.78 Å². The summed E-state index contributed by atoms with van der Waals surface area (Å²) < 4.78 is 0. The number of phenols is 2. The van der Waals surface area contributed by atoms with Gasteiger partial charge in [-0.1, -0.05) is 52.0 Å². The maximum Gasteiger partial charge on any atom is 0.251 e. The van der Waals surface area contributed by atoms with E-state index >= 15 is 0 Å². The first-order chi connectivity index (χ1) is 21.9. The van der Waals surface area contributed by atoms with E-state index in [9.17, 15) is 54.9 Å². The number of phenolic OH excluding ortho intramolecular Hbond substituents is 2. The molecule has 4 rings (SSSR count). The second-order valence-electron chi connectivity index (χ2n) is 12.8. The van der Waals surface area contributed by atoms with Crippen LogP contribution in [0.4, 0.5) is 0 Å². The Morgan fingerprint density at radius 2 is 1.21 bits per heavy atom. The number of aliphatic hydroxyl groups is 5. The number of ketones is 3. The first-order valence-electron chi connectivity index (χ1n) is 15.5. The Morgan fingerprint density at radius 3 is 1.77 bits per heavy atom. The lowest BCUT2D eigenvalue weighted by atomic mass is 9.76. The van der Waals surface area contributed by atoms with Gasteiger partial charge in [0, 0.05) is 46.8 Å². The van der Waals surface area contributed by atoms with Gasteiger partial charge in [-0.15, -0.1) is 0 Å². The van der Waals surface area contributed by atoms with E-state index in [2.05, 4.69) is 5.32 Å². The van der Waals surface area contributed by atoms with Crippen LogP contribution < -0.4 is 5.32 Å². The average Bonchev–Trinajstić information content (AvgIpc) is 3.04. The zero-order valence-corrected chi connectivity index (χ0v) is 27.6. The van der Waals surface area contributed by atoms with E-state index < -0.39 is 118 Å². The Kier molecular flexibility index (Phi) is 11.9. The molecule has 1 amide bonds. The van der Waals surface area contributed by atoms with E-state index in [1.165, 1.54) is 45.9 Å². The monoisotopic (exact) mass is 655 g/mol. The lowest BCUT2D eigenvalue weighted by Crippen LogP contribution is -2.46. The van der Waals surface area contributed by atoms with Gasteiger partial charge < -0.3 is 41.1 Å². The molecule has 3 aliphatic rings. The van der Waals surface area contributed by atoms with Gasteiger partial charge in [0.15, 0.2) is 11.6 Å². The summed E-state index contributed by atoms with van der Waals surface area (Å²) in [5.74, 6) is -9.29. The predicted molar refractivity (Wildman–Crippen MR) is 172 cm³/mol. The van der Waals surface area contributed by atoms with Crippen molar-refractivity contribution in [2.75, 3.05) is 6.61 Å². The van der Waals surface area contributed by atoms with E-state index in [1.807, 2.05) is 0 Å². The molecule has 9 atom stereocenters. The largest absolute Gasteiger partial charge is 0.507 e. The highest BCUT2D eigenvalue weighted by Crippen LogP contribution is 2.41. The van der Waals surface area contributed by atoms with E-state index in [0.717, 1.165) is 6.08 Å². The minimum Gasteiger partial charge on any atom is -0.507 e. The Labute approximate surface area is 273 Å². The van der Waals surface area contributed by atoms with E-state index in [4.69, 9.17) is 0 Å². The van der Waals surface area contributed by atoms with Crippen LogP contribution in [-0.2, 0) is 4.79 Å². The fourth-order valence-electron chi connectivity index (χ4n) is 6.11. The number of hydrogen-bond donors (Lipinski definition) is 8. The molecule has 12 nitrogen and oxygen atoms in total. The van der Waals surface area contributed by atoms with Gasteiger partial charge >= 0.3 is 0 Å². The summed E-state index contributed by atoms with van der Waals surface area (Å²) in [6.45, 7) is 9.69. The third-order valence-electron chi connectivity index (χ3n) is 9.51. The van der Waals surface area contributed by atoms with Gasteiger partial charge in [-0.3, -0.25) is 19.2 Å². The highest BCUT2D eigenvalue weighted by Gasteiger charge is 2.40. The second-order valence-corrected chi connectivity index (χ2v) is 12.8. The summed E-state index contributed by atoms with van der Waals surface area (Å²) >= 11 is 0. The lowest BCUT2D eigenvalue weighted by molar-refractivity contribution is -0.116. The van der Waals surface area contributed by atoms with Crippen LogP contribution in [0.5, 0.6) is 11.5 Å². The molecule has 0 fully saturated rings. The highest BCUT2D eigenvalue weighted by molar-refractivity contribution is 6.31. The lowest BCUT2D eigenvalue weighted by Gasteiger charge is -2.37. The Bertz CT molecular complexity index is 1570. The highest BCUT2D eigenvalue weighted by atomic mass is 16.3. The normalized spacial score (nSPS) is 34.6. The van der Waals surface area contributed by atoms with Crippen molar-refractivity contribution in [1.29, 1.82) is 0 Å². The first-order valence-corrected chi connectivity index (χ1v) is 15.5. The van der Waals surface area contributed by atoms with Crippen LogP contribution in [0.1, 0.15) is 78.2 Å². The van der Waals surface area contributed by atoms with E-state index in [1.54, 1.807) is 26.8 Å². The van der Waals surface area contributed by atoms with Crippen molar-refractivity contribution >= 4 is 23.3 Å². The zero-order valence-electron chi connectivity index (χ0n) is 27.6. The van der Waals surface area contributed by atoms with Gasteiger partial charge in [0.05, 0.1) is 53.4 Å². The van der Waals surface area contributed by atoms with Crippen molar-refractivity contribution in [3.8, 4) is 11.5 Å². The minimum absolute atomic E-state index is 0.117. The SMILES string of the molecule is C/C1=C\C=C\[C@H](C)[C@H](O)[C@@H](C)[C@@H](O)[C@@H](C)[C@H](O)[C@H](C)[C@@H](O)[C@@H](CO)/C=C(\C)C(=O)c2c(O)c(C)c(O)c3c2C(=O)C=C(NC1=O)C3=O. The van der Waals surface area contributed by atoms with Crippen molar-refractivity contribution < 1.29 is 54.9 Å². The molecule has 1 aromatic rings. The van der Waals surface area contributed by atoms with Crippen molar-refractivity contribution in [3.05, 3.63) is 69.5 Å². The van der Waals surface area contributed by atoms with E-state index in [-0.39, 0.29) is 16.7 Å². The minimum atomic E-state index is -1.44. The number of amides is 1. The third kappa shape index (κ3) is 7.31. The molecule has 1 aromatic carbocycles. The van der Waals surface area contributed by atoms with Crippen LogP contribution in [0.25, 0.3) is 0 Å². The smallest absolute Gasteiger partial charge is 0.251 e. The summed E-state index contributed by atoms with van der Waals surface area (Å²) in [6, 6.07) is 0. The first kappa shape index (κ1) is 37.5. The fraction of sp³-hybridized carbons (Fsp3) is 0.486. The van der Waals surface area contributed by atoms with Gasteiger partial charge in [-0.05, 0) is 26.3 Å². The Balaban J connectivity index is 2.23. The molecule has 0 unspecified atom stereocenters. The number of hydrogen-bond acceptors (Lipinski definition) is 11. The molecule has 4 bridgehead atoms. The van der Waals surface area contributed by atoms with Gasteiger partial charge in [0.25, 0.3) is 5.91 Å². The Morgan fingerprint density at radius 1 is 0.702 bits per heavy atom. The molecule has 8 N–H and O–H groups in total. The van der Waals surface area contributed by atoms with E-state index in [0.29, 0.717) is 0 Å². The van der Waals surface area contributed by atoms with Crippen LogP contribution in [0, 0.1) is 36.5 Å². The van der Waals surface area contributed by atoms with Crippen molar-refractivity contribution in [2.45, 2.75) is 72.9 Å². The average molecular weight is 656 g/mol. The summed E-state index contributed by atoms with van der Waals surface area (Å²) in [7, 11) is 0. The number of fused-ring (bicyclic) bond motifs is 15. The van der Waals surface area contributed by atoms with Crippen molar-refractivity contribution in [1.82, 2.24) is 5.32 Å². The number of carbonyl (C=O) groups excluding carboxylic acids is 4. The molecule has 47 heavy (non-hydrogen) atoms. The number of rotatable bonds is 1. The maximum absolute atomic E-state index is 13.8. The van der Waals surface area contributed by atoms with Crippen LogP contribution in [-0.4, -0.2) is 90.0 Å². The molecule has 0 aromatic heterocycles. The Hall–Kier alpha value is -3.94. The number of allylic oxidation sites excluding steroid dienone is 5. The van der Waals surface area contributed by atoms with Gasteiger partial charge in [0.1, 0.15) is 11.5 Å². The molecule has 256 valence electrons. The van der Waals surface area contributed by atoms with Crippen LogP contribution in [0.3, 0.4) is 0 Å². The summed E-state index contributed by atoms with van der Waals surface area (Å²) in [5, 5.41) is 78.6. The number of carbonyl (C=O) groups is 4. The fourth-order valence-corrected chi connectivity index (χ4v) is 6.11. The quantitative estimate of drug-likeness (QED) is 0.219. The standard InChI is InChI=1S/C35H45NO11/c1-14-9-8-10-15(2)35(47)36-22-12-23(38)24-25(32(44)20(7)33(45)26(24)34(22)46)28(40)16(3)11-21(13-37)31(43)19(6)30(42)18(5)29(41)17(4)27(14)39/h8-12,14,17-19,21,27,29-31,37,39,41-45H,13H2,1-7H3,(H,36,47)/b9-8+,15-10+,16-11+/t14-,17+,18+,19-,21+,27-,29+,30-,31+/m0/s1. The molecule has 12 heteroatoms. The molecular weight excluding hydrogens is 610 g/mol. The molecule has 2 aliphatic heterocycles. The zero-order chi connectivity index (χ0) is 35.7. The second kappa shape index (κ2) is 14.9. The molecule has 0 saturated heterocycles. The summed E-state index contributed by atoms with van der Waals surface area (Å²) in [6.07, 6.45) is 1.49. The molecule has 0 radical (unpaired) electrons. The number of aromatic hydroxyl groups is 2. The molecular formula is C35H45NO11. The van der Waals surface area contributed by atoms with Crippen molar-refractivity contribution in [3.63, 3.8) is 0 Å². The van der Waals surface area contributed by atoms with Gasteiger partial charge in [-0.25, -0.2) is 0 Å². The number of Topliss-reactive ketones (excluding diaryl/α,β-unsaturated/α-hetero) is 2. The van der Waals surface area contributed by atoms with Crippen molar-refractivity contribution in [2.24, 2.45) is 29.6 Å². The summed E-state index contributed by atoms with van der Waals surface area (Å²) in [4.78, 5) is 53.6. The molecule has 0 saturated carbocycles. The topological polar surface area (TPSA) is 222 Å². The van der Waals surface area contributed by atoms with Crippen LogP contribution in [0.2, 0.25) is 0 Å². The molecule has 0 spiro atoms. The van der Waals surface area contributed by atoms with Crippen LogP contribution >= 0.6 is 0 Å². The summed E-state index contributed by atoms with van der Waals surface area (Å²) in [5.41, 5.74) is -2.50. The van der Waals surface area contributed by atoms with Gasteiger partial charge in [-0.2, -0.15) is 0 Å². The molecule has 2 heterocycles. The molecule has 1 aliphatic carbocycles. The number of aliphatic hydroxyl groups excluding tert-OH is 5.